The van der Waals surface area contributed by atoms with E-state index in [1.54, 1.807) is 19.9 Å². The number of aliphatic carboxylic acids is 1. The first kappa shape index (κ1) is 11.1. The van der Waals surface area contributed by atoms with E-state index in [1.165, 1.54) is 0 Å². The zero-order valence-electron chi connectivity index (χ0n) is 8.82. The van der Waals surface area contributed by atoms with Crippen LogP contribution in [0.5, 0.6) is 0 Å². The summed E-state index contributed by atoms with van der Waals surface area (Å²) in [7, 11) is 0. The lowest BCUT2D eigenvalue weighted by atomic mass is 9.88. The minimum Gasteiger partial charge on any atom is -0.481 e. The second-order valence-electron chi connectivity index (χ2n) is 4.10. The third kappa shape index (κ3) is 1.61. The normalized spacial score (nSPS) is 11.9. The predicted molar refractivity (Wildman–Crippen MR) is 62.4 cm³/mol. The number of halogens is 1. The molecule has 0 aliphatic heterocycles. The molecule has 5 heteroatoms. The lowest BCUT2D eigenvalue weighted by Gasteiger charge is -2.15. The first-order valence-electron chi connectivity index (χ1n) is 4.72. The van der Waals surface area contributed by atoms with Gasteiger partial charge in [-0.15, -0.1) is 0 Å². The van der Waals surface area contributed by atoms with Gasteiger partial charge in [0.25, 0.3) is 0 Å². The highest BCUT2D eigenvalue weighted by Gasteiger charge is 2.35. The molecule has 84 valence electrons. The van der Waals surface area contributed by atoms with Gasteiger partial charge in [-0.05, 0) is 32.0 Å². The Morgan fingerprint density at radius 2 is 2.19 bits per heavy atom. The van der Waals surface area contributed by atoms with Crippen molar-refractivity contribution in [1.82, 2.24) is 5.16 Å². The molecule has 16 heavy (non-hydrogen) atoms. The maximum atomic E-state index is 11.1. The highest BCUT2D eigenvalue weighted by Crippen LogP contribution is 2.32. The molecule has 0 aliphatic rings. The Bertz CT molecular complexity index is 559. The molecule has 0 atom stereocenters. The summed E-state index contributed by atoms with van der Waals surface area (Å²) in [5.74, 6) is -0.568. The van der Waals surface area contributed by atoms with E-state index in [1.807, 2.05) is 12.1 Å². The number of fused-ring (bicyclic) bond motifs is 1. The van der Waals surface area contributed by atoms with E-state index in [0.717, 1.165) is 9.86 Å². The largest absolute Gasteiger partial charge is 0.481 e. The van der Waals surface area contributed by atoms with Crippen LogP contribution in [0.2, 0.25) is 0 Å². The van der Waals surface area contributed by atoms with Crippen molar-refractivity contribution in [3.63, 3.8) is 0 Å². The van der Waals surface area contributed by atoms with Gasteiger partial charge in [0.1, 0.15) is 10.9 Å². The number of carboxylic acid groups (broad SMARTS) is 1. The van der Waals surface area contributed by atoms with Crippen LogP contribution < -0.4 is 0 Å². The zero-order chi connectivity index (χ0) is 11.9. The Balaban J connectivity index is 2.70. The summed E-state index contributed by atoms with van der Waals surface area (Å²) in [6, 6.07) is 5.43. The van der Waals surface area contributed by atoms with E-state index in [2.05, 4.69) is 21.1 Å². The average Bonchev–Trinajstić information content (AvgIpc) is 2.60. The number of aromatic nitrogens is 1. The van der Waals surface area contributed by atoms with Gasteiger partial charge in [-0.3, -0.25) is 4.79 Å². The number of hydrogen-bond acceptors (Lipinski definition) is 3. The Morgan fingerprint density at radius 3 is 2.81 bits per heavy atom. The smallest absolute Gasteiger partial charge is 0.316 e. The van der Waals surface area contributed by atoms with Gasteiger partial charge in [-0.2, -0.15) is 0 Å². The molecular weight excluding hydrogens is 274 g/mol. The van der Waals surface area contributed by atoms with Gasteiger partial charge in [0, 0.05) is 9.86 Å². The monoisotopic (exact) mass is 283 g/mol. The minimum atomic E-state index is -1.09. The van der Waals surface area contributed by atoms with Gasteiger partial charge in [-0.1, -0.05) is 21.1 Å². The van der Waals surface area contributed by atoms with Gasteiger partial charge in [-0.25, -0.2) is 0 Å². The van der Waals surface area contributed by atoms with Gasteiger partial charge in [0.15, 0.2) is 5.76 Å². The molecule has 2 rings (SSSR count). The Kier molecular flexibility index (Phi) is 2.50. The highest BCUT2D eigenvalue weighted by atomic mass is 79.9. The topological polar surface area (TPSA) is 63.3 Å². The van der Waals surface area contributed by atoms with Crippen LogP contribution in [0.4, 0.5) is 0 Å². The summed E-state index contributed by atoms with van der Waals surface area (Å²) in [4.78, 5) is 11.1. The maximum Gasteiger partial charge on any atom is 0.316 e. The van der Waals surface area contributed by atoms with E-state index < -0.39 is 11.4 Å². The lowest BCUT2D eigenvalue weighted by Crippen LogP contribution is -2.28. The molecule has 1 aromatic carbocycles. The van der Waals surface area contributed by atoms with Crippen LogP contribution in [0, 0.1) is 0 Å². The van der Waals surface area contributed by atoms with Crippen LogP contribution in [0.15, 0.2) is 27.2 Å². The molecular formula is C11H10BrNO3. The third-order valence-electron chi connectivity index (χ3n) is 2.54. The Morgan fingerprint density at radius 1 is 1.50 bits per heavy atom. The number of carbonyl (C=O) groups is 1. The molecule has 0 bridgehead atoms. The molecule has 1 N–H and O–H groups in total. The molecule has 0 spiro atoms. The highest BCUT2D eigenvalue weighted by molar-refractivity contribution is 9.10. The van der Waals surface area contributed by atoms with Crippen LogP contribution in [0.3, 0.4) is 0 Å². The van der Waals surface area contributed by atoms with Crippen LogP contribution >= 0.6 is 15.9 Å². The zero-order valence-corrected chi connectivity index (χ0v) is 10.4. The molecule has 0 amide bonds. The maximum absolute atomic E-state index is 11.1. The summed E-state index contributed by atoms with van der Waals surface area (Å²) in [6.45, 7) is 3.19. The number of nitrogens with zero attached hydrogens (tertiary/aromatic N) is 1. The van der Waals surface area contributed by atoms with Crippen LogP contribution in [-0.2, 0) is 10.2 Å². The number of hydrogen-bond donors (Lipinski definition) is 1. The van der Waals surface area contributed by atoms with Gasteiger partial charge < -0.3 is 9.63 Å². The molecule has 2 aromatic rings. The van der Waals surface area contributed by atoms with Crippen molar-refractivity contribution in [1.29, 1.82) is 0 Å². The van der Waals surface area contributed by atoms with E-state index >= 15 is 0 Å². The summed E-state index contributed by atoms with van der Waals surface area (Å²) in [5, 5.41) is 13.7. The molecule has 0 saturated carbocycles. The first-order chi connectivity index (χ1) is 7.43. The number of benzene rings is 1. The summed E-state index contributed by atoms with van der Waals surface area (Å²) < 4.78 is 6.01. The van der Waals surface area contributed by atoms with E-state index in [-0.39, 0.29) is 0 Å². The average molecular weight is 284 g/mol. The SMILES string of the molecule is CC(C)(C(=O)O)c1onc2ccc(Br)cc12. The van der Waals surface area contributed by atoms with Crippen molar-refractivity contribution in [2.75, 3.05) is 0 Å². The van der Waals surface area contributed by atoms with Crippen molar-refractivity contribution in [2.45, 2.75) is 19.3 Å². The quantitative estimate of drug-likeness (QED) is 0.920. The van der Waals surface area contributed by atoms with Crippen molar-refractivity contribution < 1.29 is 14.4 Å². The molecule has 4 nitrogen and oxygen atoms in total. The van der Waals surface area contributed by atoms with Gasteiger partial charge >= 0.3 is 5.97 Å². The fourth-order valence-corrected chi connectivity index (χ4v) is 1.82. The predicted octanol–water partition coefficient (Wildman–Crippen LogP) is 2.95. The first-order valence-corrected chi connectivity index (χ1v) is 5.51. The molecule has 0 unspecified atom stereocenters. The van der Waals surface area contributed by atoms with E-state index in [0.29, 0.717) is 11.3 Å². The standard InChI is InChI=1S/C11H10BrNO3/c1-11(2,10(14)15)9-7-5-6(12)3-4-8(7)13-16-9/h3-5H,1-2H3,(H,14,15). The molecule has 0 fully saturated rings. The number of rotatable bonds is 2. The molecule has 1 aromatic heterocycles. The molecule has 1 heterocycles. The van der Waals surface area contributed by atoms with Crippen molar-refractivity contribution in [3.05, 3.63) is 28.4 Å². The second-order valence-corrected chi connectivity index (χ2v) is 5.02. The second kappa shape index (κ2) is 3.59. The fourth-order valence-electron chi connectivity index (χ4n) is 1.46. The van der Waals surface area contributed by atoms with E-state index in [4.69, 9.17) is 9.63 Å². The molecule has 0 aliphatic carbocycles. The molecule has 0 radical (unpaired) electrons. The summed E-state index contributed by atoms with van der Waals surface area (Å²) in [5.41, 5.74) is -0.428. The van der Waals surface area contributed by atoms with E-state index in [9.17, 15) is 4.79 Å². The Labute approximate surface area is 100 Å². The fraction of sp³-hybridized carbons (Fsp3) is 0.273. The molecule has 0 saturated heterocycles. The van der Waals surface area contributed by atoms with Crippen LogP contribution in [0.25, 0.3) is 10.9 Å². The van der Waals surface area contributed by atoms with Crippen molar-refractivity contribution in [3.8, 4) is 0 Å². The Hall–Kier alpha value is -1.36. The summed E-state index contributed by atoms with van der Waals surface area (Å²) in [6.07, 6.45) is 0. The summed E-state index contributed by atoms with van der Waals surface area (Å²) >= 11 is 3.34. The minimum absolute atomic E-state index is 0.372. The van der Waals surface area contributed by atoms with Crippen molar-refractivity contribution >= 4 is 32.8 Å². The van der Waals surface area contributed by atoms with Gasteiger partial charge in [0.2, 0.25) is 0 Å². The van der Waals surface area contributed by atoms with Crippen LogP contribution in [0.1, 0.15) is 19.6 Å². The lowest BCUT2D eigenvalue weighted by molar-refractivity contribution is -0.143. The third-order valence-corrected chi connectivity index (χ3v) is 3.03. The van der Waals surface area contributed by atoms with Gasteiger partial charge in [0.05, 0.1) is 0 Å². The van der Waals surface area contributed by atoms with Crippen LogP contribution in [-0.4, -0.2) is 16.2 Å². The number of carboxylic acids is 1. The van der Waals surface area contributed by atoms with Crippen molar-refractivity contribution in [2.24, 2.45) is 0 Å².